The number of nitrogens with one attached hydrogen (secondary N) is 1. The van der Waals surface area contributed by atoms with Gasteiger partial charge in [-0.1, -0.05) is 17.7 Å². The van der Waals surface area contributed by atoms with E-state index in [9.17, 15) is 9.59 Å². The molecule has 26 heavy (non-hydrogen) atoms. The molecule has 1 atom stereocenters. The van der Waals surface area contributed by atoms with Gasteiger partial charge in [0.15, 0.2) is 0 Å². The van der Waals surface area contributed by atoms with Crippen LogP contribution in [0.2, 0.25) is 0 Å². The van der Waals surface area contributed by atoms with E-state index in [0.717, 1.165) is 11.3 Å². The zero-order valence-electron chi connectivity index (χ0n) is 15.1. The summed E-state index contributed by atoms with van der Waals surface area (Å²) in [7, 11) is 3.06. The predicted octanol–water partition coefficient (Wildman–Crippen LogP) is 2.55. The van der Waals surface area contributed by atoms with Crippen molar-refractivity contribution in [2.45, 2.75) is 19.4 Å². The van der Waals surface area contributed by atoms with Crippen molar-refractivity contribution >= 4 is 17.5 Å². The Hall–Kier alpha value is -3.02. The Balaban J connectivity index is 1.71. The molecule has 1 heterocycles. The Kier molecular flexibility index (Phi) is 5.11. The largest absolute Gasteiger partial charge is 0.497 e. The first kappa shape index (κ1) is 17.8. The zero-order valence-corrected chi connectivity index (χ0v) is 15.1. The third kappa shape index (κ3) is 3.64. The second kappa shape index (κ2) is 7.47. The molecule has 0 aromatic heterocycles. The molecule has 1 aliphatic heterocycles. The molecule has 6 heteroatoms. The number of hydrogen-bond donors (Lipinski definition) is 1. The minimum atomic E-state index is -0.270. The number of ether oxygens (including phenoxy) is 2. The maximum atomic E-state index is 12.6. The Morgan fingerprint density at radius 1 is 1.12 bits per heavy atom. The van der Waals surface area contributed by atoms with Crippen molar-refractivity contribution < 1.29 is 19.1 Å². The molecule has 1 saturated heterocycles. The van der Waals surface area contributed by atoms with Gasteiger partial charge < -0.3 is 19.7 Å². The average Bonchev–Trinajstić information content (AvgIpc) is 3.01. The average molecular weight is 354 g/mol. The molecular formula is C20H22N2O4. The lowest BCUT2D eigenvalue weighted by atomic mass is 10.1. The first-order valence-electron chi connectivity index (χ1n) is 8.41. The lowest BCUT2D eigenvalue weighted by molar-refractivity contribution is -0.117. The SMILES string of the molecule is COc1ccc(C(=O)NC2CC(=O)N(c3ccc(C)cc3)C2)c(OC)c1. The van der Waals surface area contributed by atoms with Gasteiger partial charge in [-0.05, 0) is 31.2 Å². The third-order valence-electron chi connectivity index (χ3n) is 4.46. The van der Waals surface area contributed by atoms with E-state index in [2.05, 4.69) is 5.32 Å². The van der Waals surface area contributed by atoms with E-state index in [4.69, 9.17) is 9.47 Å². The fraction of sp³-hybridized carbons (Fsp3) is 0.300. The molecule has 3 rings (SSSR count). The van der Waals surface area contributed by atoms with Gasteiger partial charge in [-0.15, -0.1) is 0 Å². The van der Waals surface area contributed by atoms with Crippen LogP contribution in [0.3, 0.4) is 0 Å². The van der Waals surface area contributed by atoms with Crippen molar-refractivity contribution in [3.63, 3.8) is 0 Å². The zero-order chi connectivity index (χ0) is 18.7. The van der Waals surface area contributed by atoms with E-state index in [1.807, 2.05) is 31.2 Å². The molecule has 0 spiro atoms. The first-order valence-corrected chi connectivity index (χ1v) is 8.41. The molecule has 1 unspecified atom stereocenters. The fourth-order valence-electron chi connectivity index (χ4n) is 3.03. The summed E-state index contributed by atoms with van der Waals surface area (Å²) in [6, 6.07) is 12.6. The Morgan fingerprint density at radius 3 is 2.50 bits per heavy atom. The highest BCUT2D eigenvalue weighted by Crippen LogP contribution is 2.26. The topological polar surface area (TPSA) is 67.9 Å². The number of amides is 2. The lowest BCUT2D eigenvalue weighted by Crippen LogP contribution is -2.37. The number of methoxy groups -OCH3 is 2. The molecule has 0 aliphatic carbocycles. The fourth-order valence-corrected chi connectivity index (χ4v) is 3.03. The lowest BCUT2D eigenvalue weighted by Gasteiger charge is -2.18. The summed E-state index contributed by atoms with van der Waals surface area (Å²) in [6.45, 7) is 2.45. The number of aryl methyl sites for hydroxylation is 1. The molecule has 0 radical (unpaired) electrons. The molecule has 2 aromatic rings. The summed E-state index contributed by atoms with van der Waals surface area (Å²) >= 11 is 0. The molecule has 2 amide bonds. The van der Waals surface area contributed by atoms with Gasteiger partial charge in [-0.3, -0.25) is 9.59 Å². The van der Waals surface area contributed by atoms with Crippen molar-refractivity contribution in [1.82, 2.24) is 5.32 Å². The maximum Gasteiger partial charge on any atom is 0.255 e. The highest BCUT2D eigenvalue weighted by atomic mass is 16.5. The van der Waals surface area contributed by atoms with Gasteiger partial charge in [-0.25, -0.2) is 0 Å². The number of nitrogens with zero attached hydrogens (tertiary/aromatic N) is 1. The molecule has 6 nitrogen and oxygen atoms in total. The highest BCUT2D eigenvalue weighted by Gasteiger charge is 2.32. The first-order chi connectivity index (χ1) is 12.5. The minimum absolute atomic E-state index is 0.000786. The van der Waals surface area contributed by atoms with Gasteiger partial charge in [0, 0.05) is 24.7 Å². The van der Waals surface area contributed by atoms with E-state index in [1.54, 1.807) is 30.2 Å². The summed E-state index contributed by atoms with van der Waals surface area (Å²) in [5.41, 5.74) is 2.39. The van der Waals surface area contributed by atoms with E-state index >= 15 is 0 Å². The van der Waals surface area contributed by atoms with Gasteiger partial charge in [0.05, 0.1) is 25.8 Å². The second-order valence-electron chi connectivity index (χ2n) is 6.28. The van der Waals surface area contributed by atoms with Crippen LogP contribution in [0.25, 0.3) is 0 Å². The highest BCUT2D eigenvalue weighted by molar-refractivity contribution is 6.00. The quantitative estimate of drug-likeness (QED) is 0.896. The van der Waals surface area contributed by atoms with E-state index in [-0.39, 0.29) is 24.3 Å². The molecule has 0 bridgehead atoms. The van der Waals surface area contributed by atoms with Crippen LogP contribution in [-0.2, 0) is 4.79 Å². The summed E-state index contributed by atoms with van der Waals surface area (Å²) in [6.07, 6.45) is 0.276. The summed E-state index contributed by atoms with van der Waals surface area (Å²) < 4.78 is 10.4. The van der Waals surface area contributed by atoms with Crippen LogP contribution in [-0.4, -0.2) is 38.6 Å². The van der Waals surface area contributed by atoms with Crippen LogP contribution in [0.4, 0.5) is 5.69 Å². The molecule has 136 valence electrons. The molecule has 1 N–H and O–H groups in total. The summed E-state index contributed by atoms with van der Waals surface area (Å²) in [4.78, 5) is 26.6. The van der Waals surface area contributed by atoms with Crippen LogP contribution in [0.1, 0.15) is 22.3 Å². The predicted molar refractivity (Wildman–Crippen MR) is 98.9 cm³/mol. The van der Waals surface area contributed by atoms with Crippen molar-refractivity contribution in [2.24, 2.45) is 0 Å². The summed E-state index contributed by atoms with van der Waals surface area (Å²) in [5, 5.41) is 2.93. The molecule has 2 aromatic carbocycles. The third-order valence-corrected chi connectivity index (χ3v) is 4.46. The van der Waals surface area contributed by atoms with Crippen LogP contribution in [0.5, 0.6) is 11.5 Å². The van der Waals surface area contributed by atoms with Crippen molar-refractivity contribution in [1.29, 1.82) is 0 Å². The number of rotatable bonds is 5. The maximum absolute atomic E-state index is 12.6. The smallest absolute Gasteiger partial charge is 0.255 e. The van der Waals surface area contributed by atoms with E-state index in [1.165, 1.54) is 7.11 Å². The van der Waals surface area contributed by atoms with Gasteiger partial charge >= 0.3 is 0 Å². The van der Waals surface area contributed by atoms with Crippen LogP contribution in [0, 0.1) is 6.92 Å². The number of carbonyl (C=O) groups excluding carboxylic acids is 2. The molecule has 1 fully saturated rings. The van der Waals surface area contributed by atoms with Gasteiger partial charge in [0.25, 0.3) is 5.91 Å². The van der Waals surface area contributed by atoms with Gasteiger partial charge in [-0.2, -0.15) is 0 Å². The molecule has 1 aliphatic rings. The van der Waals surface area contributed by atoms with E-state index in [0.29, 0.717) is 23.6 Å². The van der Waals surface area contributed by atoms with Crippen LogP contribution in [0.15, 0.2) is 42.5 Å². The van der Waals surface area contributed by atoms with Crippen LogP contribution < -0.4 is 19.7 Å². The van der Waals surface area contributed by atoms with Gasteiger partial charge in [0.2, 0.25) is 5.91 Å². The van der Waals surface area contributed by atoms with E-state index < -0.39 is 0 Å². The van der Waals surface area contributed by atoms with Crippen molar-refractivity contribution in [3.05, 3.63) is 53.6 Å². The van der Waals surface area contributed by atoms with Crippen molar-refractivity contribution in [2.75, 3.05) is 25.7 Å². The molecular weight excluding hydrogens is 332 g/mol. The van der Waals surface area contributed by atoms with Crippen molar-refractivity contribution in [3.8, 4) is 11.5 Å². The molecule has 0 saturated carbocycles. The van der Waals surface area contributed by atoms with Crippen LogP contribution >= 0.6 is 0 Å². The Labute approximate surface area is 152 Å². The second-order valence-corrected chi connectivity index (χ2v) is 6.28. The standard InChI is InChI=1S/C20H22N2O4/c1-13-4-6-15(7-5-13)22-12-14(10-19(22)23)21-20(24)17-9-8-16(25-2)11-18(17)26-3/h4-9,11,14H,10,12H2,1-3H3,(H,21,24). The monoisotopic (exact) mass is 354 g/mol. The number of hydrogen-bond acceptors (Lipinski definition) is 4. The van der Waals surface area contributed by atoms with Gasteiger partial charge in [0.1, 0.15) is 11.5 Å². The Morgan fingerprint density at radius 2 is 1.85 bits per heavy atom. The number of benzene rings is 2. The minimum Gasteiger partial charge on any atom is -0.497 e. The normalized spacial score (nSPS) is 16.5. The Bertz CT molecular complexity index is 817. The number of carbonyl (C=O) groups is 2. The number of anilines is 1. The summed E-state index contributed by atoms with van der Waals surface area (Å²) in [5.74, 6) is 0.774.